The highest BCUT2D eigenvalue weighted by molar-refractivity contribution is 5.90. The van der Waals surface area contributed by atoms with Gasteiger partial charge >= 0.3 is 0 Å². The molecule has 178 valence electrons. The number of hydrogen-bond acceptors (Lipinski definition) is 4. The Hall–Kier alpha value is -2.33. The van der Waals surface area contributed by atoms with Gasteiger partial charge in [-0.1, -0.05) is 51.8 Å². The van der Waals surface area contributed by atoms with Gasteiger partial charge in [0.2, 0.25) is 0 Å². The fourth-order valence-corrected chi connectivity index (χ4v) is 5.38. The van der Waals surface area contributed by atoms with Gasteiger partial charge in [-0.3, -0.25) is 9.88 Å². The molecule has 4 heteroatoms. The molecule has 2 fully saturated rings. The third-order valence-electron chi connectivity index (χ3n) is 7.37. The highest BCUT2D eigenvalue weighted by Gasteiger charge is 2.33. The van der Waals surface area contributed by atoms with Crippen LogP contribution in [0.25, 0.3) is 0 Å². The van der Waals surface area contributed by atoms with Crippen LogP contribution in [0.2, 0.25) is 0 Å². The summed E-state index contributed by atoms with van der Waals surface area (Å²) >= 11 is 0. The van der Waals surface area contributed by atoms with Crippen molar-refractivity contribution >= 4 is 11.4 Å². The number of likely N-dealkylation sites (tertiary alicyclic amines) is 2. The molecule has 0 amide bonds. The number of benzene rings is 1. The van der Waals surface area contributed by atoms with Crippen molar-refractivity contribution in [2.24, 2.45) is 0 Å². The molecule has 0 spiro atoms. The zero-order chi connectivity index (χ0) is 23.0. The summed E-state index contributed by atoms with van der Waals surface area (Å²) in [4.78, 5) is 9.51. The third kappa shape index (κ3) is 6.60. The van der Waals surface area contributed by atoms with Crippen LogP contribution in [0.5, 0.6) is 0 Å². The predicted octanol–water partition coefficient (Wildman–Crippen LogP) is 7.08. The fraction of sp³-hybridized carbons (Fsp3) is 0.552. The molecule has 33 heavy (non-hydrogen) atoms. The first-order valence-electron chi connectivity index (χ1n) is 13.1. The van der Waals surface area contributed by atoms with E-state index in [9.17, 15) is 0 Å². The van der Waals surface area contributed by atoms with Gasteiger partial charge in [0.1, 0.15) is 0 Å². The van der Waals surface area contributed by atoms with Crippen LogP contribution >= 0.6 is 0 Å². The number of pyridine rings is 1. The first kappa shape index (κ1) is 23.8. The second-order valence-corrected chi connectivity index (χ2v) is 9.96. The number of fused-ring (bicyclic) bond motifs is 1. The molecule has 1 N–H and O–H groups in total. The van der Waals surface area contributed by atoms with E-state index in [1.807, 2.05) is 12.4 Å². The molecule has 2 atom stereocenters. The molecule has 0 saturated carbocycles. The lowest BCUT2D eigenvalue weighted by Crippen LogP contribution is -2.30. The van der Waals surface area contributed by atoms with Crippen LogP contribution < -0.4 is 5.32 Å². The zero-order valence-electron chi connectivity index (χ0n) is 20.7. The van der Waals surface area contributed by atoms with Crippen molar-refractivity contribution in [3.8, 4) is 0 Å². The highest BCUT2D eigenvalue weighted by atomic mass is 15.2. The molecular formula is C29H42N4. The molecule has 4 nitrogen and oxygen atoms in total. The van der Waals surface area contributed by atoms with Gasteiger partial charge in [0.25, 0.3) is 0 Å². The van der Waals surface area contributed by atoms with E-state index in [1.54, 1.807) is 0 Å². The van der Waals surface area contributed by atoms with Crippen LogP contribution in [0.3, 0.4) is 0 Å². The number of unbranched alkanes of at least 4 members (excludes halogenated alkanes) is 2. The minimum Gasteiger partial charge on any atom is -0.375 e. The van der Waals surface area contributed by atoms with Crippen molar-refractivity contribution in [1.29, 1.82) is 0 Å². The van der Waals surface area contributed by atoms with E-state index < -0.39 is 0 Å². The van der Waals surface area contributed by atoms with Crippen molar-refractivity contribution in [3.63, 3.8) is 0 Å². The summed E-state index contributed by atoms with van der Waals surface area (Å²) in [5.41, 5.74) is 6.79. The SMILES string of the molecule is C=C1CCCN1CCCC1CC(c2ccc3c(c2)N3)CN1Cc1cccnc1.CCCCC. The molecule has 2 unspecified atom stereocenters. The molecule has 3 aliphatic heterocycles. The highest BCUT2D eigenvalue weighted by Crippen LogP contribution is 2.43. The number of rotatable bonds is 9. The lowest BCUT2D eigenvalue weighted by Gasteiger charge is -2.26. The second kappa shape index (κ2) is 11.7. The Morgan fingerprint density at radius 2 is 2.00 bits per heavy atom. The predicted molar refractivity (Wildman–Crippen MR) is 140 cm³/mol. The molecule has 0 aliphatic carbocycles. The van der Waals surface area contributed by atoms with Crippen molar-refractivity contribution in [2.75, 3.05) is 25.0 Å². The summed E-state index contributed by atoms with van der Waals surface area (Å²) in [6, 6.07) is 11.8. The van der Waals surface area contributed by atoms with E-state index in [1.165, 1.54) is 92.7 Å². The molecule has 5 rings (SSSR count). The zero-order valence-corrected chi connectivity index (χ0v) is 20.7. The fourth-order valence-electron chi connectivity index (χ4n) is 5.38. The topological polar surface area (TPSA) is 41.3 Å². The summed E-state index contributed by atoms with van der Waals surface area (Å²) in [6.45, 7) is 13.2. The van der Waals surface area contributed by atoms with Crippen LogP contribution in [0.4, 0.5) is 11.4 Å². The van der Waals surface area contributed by atoms with Crippen molar-refractivity contribution in [1.82, 2.24) is 14.8 Å². The van der Waals surface area contributed by atoms with Crippen LogP contribution in [0, 0.1) is 0 Å². The number of hydrogen-bond donors (Lipinski definition) is 1. The van der Waals surface area contributed by atoms with Crippen LogP contribution in [-0.2, 0) is 6.54 Å². The molecule has 0 radical (unpaired) electrons. The Labute approximate surface area is 201 Å². The lowest BCUT2D eigenvalue weighted by molar-refractivity contribution is 0.224. The van der Waals surface area contributed by atoms with Crippen LogP contribution in [-0.4, -0.2) is 40.5 Å². The maximum Gasteiger partial charge on any atom is 0.0626 e. The van der Waals surface area contributed by atoms with Gasteiger partial charge in [-0.05, 0) is 67.3 Å². The first-order valence-corrected chi connectivity index (χ1v) is 13.1. The quantitative estimate of drug-likeness (QED) is 0.356. The van der Waals surface area contributed by atoms with E-state index in [0.29, 0.717) is 12.0 Å². The van der Waals surface area contributed by atoms with Gasteiger partial charge in [0.15, 0.2) is 0 Å². The number of anilines is 2. The van der Waals surface area contributed by atoms with Gasteiger partial charge < -0.3 is 10.2 Å². The molecule has 1 aromatic carbocycles. The van der Waals surface area contributed by atoms with Gasteiger partial charge in [0, 0.05) is 50.3 Å². The average Bonchev–Trinajstić information content (AvgIpc) is 3.34. The Bertz CT molecular complexity index is 892. The summed E-state index contributed by atoms with van der Waals surface area (Å²) in [5.74, 6) is 0.635. The Balaban J connectivity index is 0.000000471. The summed E-state index contributed by atoms with van der Waals surface area (Å²) < 4.78 is 0. The van der Waals surface area contributed by atoms with Crippen molar-refractivity contribution < 1.29 is 0 Å². The van der Waals surface area contributed by atoms with Gasteiger partial charge in [-0.25, -0.2) is 0 Å². The summed E-state index contributed by atoms with van der Waals surface area (Å²) in [5, 5.41) is 3.35. The molecule has 2 aromatic rings. The number of allylic oxidation sites excluding steroid dienone is 1. The minimum atomic E-state index is 0.635. The lowest BCUT2D eigenvalue weighted by atomic mass is 9.95. The maximum absolute atomic E-state index is 4.32. The van der Waals surface area contributed by atoms with Crippen molar-refractivity contribution in [2.45, 2.75) is 83.7 Å². The van der Waals surface area contributed by atoms with Gasteiger partial charge in [0.05, 0.1) is 11.4 Å². The normalized spacial score (nSPS) is 21.4. The third-order valence-corrected chi connectivity index (χ3v) is 7.37. The van der Waals surface area contributed by atoms with Gasteiger partial charge in [-0.2, -0.15) is 0 Å². The minimum absolute atomic E-state index is 0.635. The van der Waals surface area contributed by atoms with E-state index >= 15 is 0 Å². The van der Waals surface area contributed by atoms with Gasteiger partial charge in [-0.15, -0.1) is 0 Å². The van der Waals surface area contributed by atoms with Crippen LogP contribution in [0.15, 0.2) is 55.0 Å². The van der Waals surface area contributed by atoms with Crippen LogP contribution in [0.1, 0.15) is 82.3 Å². The average molecular weight is 447 g/mol. The first-order chi connectivity index (χ1) is 16.2. The Kier molecular flexibility index (Phi) is 8.44. The van der Waals surface area contributed by atoms with E-state index in [4.69, 9.17) is 0 Å². The molecule has 1 aromatic heterocycles. The standard InChI is InChI=1S/C24H30N4.C5H12/c1-18-5-3-11-27(18)12-4-7-22-13-21(20-8-9-23-24(14-20)26-23)17-28(22)16-19-6-2-10-25-15-19;1-3-5-4-2/h2,6,8-10,14-15,21-22,26H,1,3-5,7,11-13,16-17H2;3-5H2,1-2H3. The molecule has 4 heterocycles. The number of nitrogens with one attached hydrogen (secondary N) is 1. The molecule has 0 bridgehead atoms. The van der Waals surface area contributed by atoms with E-state index in [-0.39, 0.29) is 0 Å². The summed E-state index contributed by atoms with van der Waals surface area (Å²) in [7, 11) is 0. The van der Waals surface area contributed by atoms with E-state index in [0.717, 1.165) is 13.1 Å². The summed E-state index contributed by atoms with van der Waals surface area (Å²) in [6.07, 6.45) is 14.2. The molecular weight excluding hydrogens is 404 g/mol. The smallest absolute Gasteiger partial charge is 0.0626 e. The second-order valence-electron chi connectivity index (χ2n) is 9.96. The number of nitrogens with zero attached hydrogens (tertiary/aromatic N) is 3. The van der Waals surface area contributed by atoms with Crippen molar-refractivity contribution in [3.05, 3.63) is 66.1 Å². The molecule has 2 saturated heterocycles. The largest absolute Gasteiger partial charge is 0.375 e. The number of aromatic nitrogens is 1. The Morgan fingerprint density at radius 1 is 1.12 bits per heavy atom. The maximum atomic E-state index is 4.32. The Morgan fingerprint density at radius 3 is 2.67 bits per heavy atom. The monoisotopic (exact) mass is 446 g/mol. The van der Waals surface area contributed by atoms with E-state index in [2.05, 4.69) is 70.9 Å². The molecule has 3 aliphatic rings.